The van der Waals surface area contributed by atoms with E-state index in [9.17, 15) is 9.59 Å². The summed E-state index contributed by atoms with van der Waals surface area (Å²) < 4.78 is 10.2. The third-order valence-corrected chi connectivity index (χ3v) is 3.20. The van der Waals surface area contributed by atoms with Crippen LogP contribution in [0.4, 0.5) is 0 Å². The minimum atomic E-state index is -0.687. The van der Waals surface area contributed by atoms with E-state index in [1.54, 1.807) is 13.0 Å². The summed E-state index contributed by atoms with van der Waals surface area (Å²) in [6.07, 6.45) is 0.437. The second-order valence-corrected chi connectivity index (χ2v) is 4.84. The van der Waals surface area contributed by atoms with Crippen LogP contribution in [-0.4, -0.2) is 35.2 Å². The van der Waals surface area contributed by atoms with Crippen molar-refractivity contribution in [1.29, 1.82) is 0 Å². The summed E-state index contributed by atoms with van der Waals surface area (Å²) in [5.74, 6) is -0.196. The van der Waals surface area contributed by atoms with Crippen LogP contribution in [0.25, 0.3) is 0 Å². The van der Waals surface area contributed by atoms with Gasteiger partial charge in [-0.1, -0.05) is 25.1 Å². The molecule has 23 heavy (non-hydrogen) atoms. The Morgan fingerprint density at radius 1 is 1.30 bits per heavy atom. The van der Waals surface area contributed by atoms with Crippen molar-refractivity contribution >= 4 is 11.9 Å². The van der Waals surface area contributed by atoms with E-state index in [0.29, 0.717) is 12.1 Å². The standard InChI is InChI=1S/C16H19N3O4/c1-3-13(16(21)22-2)17-15(20)14-9-11(18-19-14)10-23-12-7-5-4-6-8-12/h4-9,13H,3,10H2,1-2H3,(H,17,20)(H,18,19)/t13-/m1/s1. The minimum absolute atomic E-state index is 0.194. The average molecular weight is 317 g/mol. The van der Waals surface area contributed by atoms with Gasteiger partial charge in [0, 0.05) is 0 Å². The Bertz CT molecular complexity index is 654. The van der Waals surface area contributed by atoms with Crippen LogP contribution in [0.2, 0.25) is 0 Å². The highest BCUT2D eigenvalue weighted by atomic mass is 16.5. The number of esters is 1. The summed E-state index contributed by atoms with van der Waals surface area (Å²) in [5.41, 5.74) is 0.851. The van der Waals surface area contributed by atoms with Crippen molar-refractivity contribution in [3.05, 3.63) is 47.8 Å². The lowest BCUT2D eigenvalue weighted by atomic mass is 10.2. The second-order valence-electron chi connectivity index (χ2n) is 4.84. The Labute approximate surface area is 134 Å². The molecule has 122 valence electrons. The monoisotopic (exact) mass is 317 g/mol. The topological polar surface area (TPSA) is 93.3 Å². The lowest BCUT2D eigenvalue weighted by Crippen LogP contribution is -2.41. The van der Waals surface area contributed by atoms with Crippen LogP contribution in [-0.2, 0) is 16.1 Å². The molecule has 7 nitrogen and oxygen atoms in total. The third-order valence-electron chi connectivity index (χ3n) is 3.20. The number of para-hydroxylation sites is 1. The Morgan fingerprint density at radius 3 is 2.70 bits per heavy atom. The molecular weight excluding hydrogens is 298 g/mol. The van der Waals surface area contributed by atoms with E-state index in [-0.39, 0.29) is 12.3 Å². The van der Waals surface area contributed by atoms with Crippen molar-refractivity contribution in [2.45, 2.75) is 26.0 Å². The van der Waals surface area contributed by atoms with Gasteiger partial charge in [0.25, 0.3) is 5.91 Å². The van der Waals surface area contributed by atoms with Crippen LogP contribution >= 0.6 is 0 Å². The zero-order valence-corrected chi connectivity index (χ0v) is 13.0. The zero-order chi connectivity index (χ0) is 16.7. The summed E-state index contributed by atoms with van der Waals surface area (Å²) in [6.45, 7) is 2.05. The van der Waals surface area contributed by atoms with E-state index in [0.717, 1.165) is 5.75 Å². The van der Waals surface area contributed by atoms with Gasteiger partial charge < -0.3 is 14.8 Å². The summed E-state index contributed by atoms with van der Waals surface area (Å²) >= 11 is 0. The number of amides is 1. The molecule has 0 unspecified atom stereocenters. The molecule has 0 saturated carbocycles. The van der Waals surface area contributed by atoms with Crippen LogP contribution in [0.1, 0.15) is 29.5 Å². The number of methoxy groups -OCH3 is 1. The normalized spacial score (nSPS) is 11.6. The van der Waals surface area contributed by atoms with Crippen molar-refractivity contribution in [1.82, 2.24) is 15.5 Å². The number of nitrogens with zero attached hydrogens (tertiary/aromatic N) is 1. The number of carbonyl (C=O) groups excluding carboxylic acids is 2. The van der Waals surface area contributed by atoms with Gasteiger partial charge in [0.05, 0.1) is 12.8 Å². The van der Waals surface area contributed by atoms with Gasteiger partial charge in [-0.2, -0.15) is 5.10 Å². The molecule has 0 bridgehead atoms. The molecule has 0 aliphatic rings. The Balaban J connectivity index is 1.93. The van der Waals surface area contributed by atoms with Crippen molar-refractivity contribution < 1.29 is 19.1 Å². The number of aromatic amines is 1. The van der Waals surface area contributed by atoms with E-state index < -0.39 is 17.9 Å². The molecular formula is C16H19N3O4. The van der Waals surface area contributed by atoms with Gasteiger partial charge in [0.1, 0.15) is 24.1 Å². The lowest BCUT2D eigenvalue weighted by Gasteiger charge is -2.13. The predicted octanol–water partition coefficient (Wildman–Crippen LogP) is 1.67. The fraction of sp³-hybridized carbons (Fsp3) is 0.312. The highest BCUT2D eigenvalue weighted by Crippen LogP contribution is 2.11. The smallest absolute Gasteiger partial charge is 0.328 e. The van der Waals surface area contributed by atoms with Crippen LogP contribution in [0, 0.1) is 0 Å². The van der Waals surface area contributed by atoms with Gasteiger partial charge in [-0.15, -0.1) is 0 Å². The third kappa shape index (κ3) is 4.57. The Hall–Kier alpha value is -2.83. The number of rotatable bonds is 7. The fourth-order valence-corrected chi connectivity index (χ4v) is 1.93. The van der Waals surface area contributed by atoms with Gasteiger partial charge in [-0.05, 0) is 24.6 Å². The number of nitrogens with one attached hydrogen (secondary N) is 2. The van der Waals surface area contributed by atoms with Gasteiger partial charge in [-0.25, -0.2) is 4.79 Å². The van der Waals surface area contributed by atoms with Gasteiger partial charge in [-0.3, -0.25) is 9.89 Å². The number of hydrogen-bond donors (Lipinski definition) is 2. The van der Waals surface area contributed by atoms with E-state index >= 15 is 0 Å². The second kappa shape index (κ2) is 7.98. The molecule has 0 aliphatic heterocycles. The quantitative estimate of drug-likeness (QED) is 0.758. The maximum atomic E-state index is 12.1. The average Bonchev–Trinajstić information content (AvgIpc) is 3.07. The number of H-pyrrole nitrogens is 1. The lowest BCUT2D eigenvalue weighted by molar-refractivity contribution is -0.142. The number of hydrogen-bond acceptors (Lipinski definition) is 5. The van der Waals surface area contributed by atoms with E-state index in [1.165, 1.54) is 7.11 Å². The molecule has 7 heteroatoms. The molecule has 1 aromatic heterocycles. The predicted molar refractivity (Wildman–Crippen MR) is 82.9 cm³/mol. The summed E-state index contributed by atoms with van der Waals surface area (Å²) in [7, 11) is 1.28. The van der Waals surface area contributed by atoms with Gasteiger partial charge in [0.15, 0.2) is 0 Å². The Morgan fingerprint density at radius 2 is 2.04 bits per heavy atom. The molecule has 2 aromatic rings. The van der Waals surface area contributed by atoms with Crippen LogP contribution < -0.4 is 10.1 Å². The first-order chi connectivity index (χ1) is 11.1. The first kappa shape index (κ1) is 16.5. The number of aromatic nitrogens is 2. The molecule has 0 saturated heterocycles. The highest BCUT2D eigenvalue weighted by Gasteiger charge is 2.21. The maximum absolute atomic E-state index is 12.1. The minimum Gasteiger partial charge on any atom is -0.487 e. The first-order valence-corrected chi connectivity index (χ1v) is 7.24. The summed E-state index contributed by atoms with van der Waals surface area (Å²) in [5, 5.41) is 9.26. The highest BCUT2D eigenvalue weighted by molar-refractivity contribution is 5.95. The molecule has 1 aromatic carbocycles. The molecule has 1 heterocycles. The molecule has 1 amide bonds. The molecule has 2 rings (SSSR count). The van der Waals surface area contributed by atoms with Crippen molar-refractivity contribution in [2.24, 2.45) is 0 Å². The van der Waals surface area contributed by atoms with E-state index in [2.05, 4.69) is 20.3 Å². The van der Waals surface area contributed by atoms with Crippen molar-refractivity contribution in [2.75, 3.05) is 7.11 Å². The van der Waals surface area contributed by atoms with Crippen molar-refractivity contribution in [3.63, 3.8) is 0 Å². The number of ether oxygens (including phenoxy) is 2. The fourth-order valence-electron chi connectivity index (χ4n) is 1.93. The van der Waals surface area contributed by atoms with Crippen LogP contribution in [0.15, 0.2) is 36.4 Å². The van der Waals surface area contributed by atoms with Crippen molar-refractivity contribution in [3.8, 4) is 5.75 Å². The molecule has 0 fully saturated rings. The molecule has 1 atom stereocenters. The Kier molecular flexibility index (Phi) is 5.74. The van der Waals surface area contributed by atoms with E-state index in [1.807, 2.05) is 30.3 Å². The number of carbonyl (C=O) groups is 2. The molecule has 0 spiro atoms. The molecule has 0 aliphatic carbocycles. The van der Waals surface area contributed by atoms with E-state index in [4.69, 9.17) is 4.74 Å². The largest absolute Gasteiger partial charge is 0.487 e. The summed E-state index contributed by atoms with van der Waals surface area (Å²) in [4.78, 5) is 23.6. The van der Waals surface area contributed by atoms with Crippen LogP contribution in [0.5, 0.6) is 5.75 Å². The van der Waals surface area contributed by atoms with Gasteiger partial charge in [0.2, 0.25) is 0 Å². The molecule has 0 radical (unpaired) electrons. The molecule has 2 N–H and O–H groups in total. The zero-order valence-electron chi connectivity index (χ0n) is 13.0. The van der Waals surface area contributed by atoms with Gasteiger partial charge >= 0.3 is 5.97 Å². The first-order valence-electron chi connectivity index (χ1n) is 7.24. The van der Waals surface area contributed by atoms with Crippen LogP contribution in [0.3, 0.4) is 0 Å². The maximum Gasteiger partial charge on any atom is 0.328 e. The number of benzene rings is 1. The SMILES string of the molecule is CC[C@@H](NC(=O)c1cc(COc2ccccc2)[nH]n1)C(=O)OC. The summed E-state index contributed by atoms with van der Waals surface area (Å²) in [6, 6.07) is 10.2.